The minimum absolute atomic E-state index is 0.167. The summed E-state index contributed by atoms with van der Waals surface area (Å²) in [5, 5.41) is 12.6. The average molecular weight is 829 g/mol. The predicted octanol–water partition coefficient (Wildman–Crippen LogP) is 17.8. The van der Waals surface area contributed by atoms with E-state index in [1.54, 1.807) is 0 Å². The van der Waals surface area contributed by atoms with Crippen molar-refractivity contribution in [2.75, 3.05) is 0 Å². The Kier molecular flexibility index (Phi) is 7.30. The second-order valence-corrected chi connectivity index (χ2v) is 19.5. The first-order chi connectivity index (χ1) is 31.8. The van der Waals surface area contributed by atoms with Gasteiger partial charge in [-0.15, -0.1) is 0 Å². The summed E-state index contributed by atoms with van der Waals surface area (Å²) in [5.41, 5.74) is 19.8. The van der Waals surface area contributed by atoms with Crippen LogP contribution < -0.4 is 0 Å². The van der Waals surface area contributed by atoms with Crippen LogP contribution in [-0.2, 0) is 10.8 Å². The summed E-state index contributed by atoms with van der Waals surface area (Å²) in [5.74, 6) is 0. The van der Waals surface area contributed by atoms with Crippen molar-refractivity contribution in [3.63, 3.8) is 0 Å². The Morgan fingerprint density at radius 3 is 1.57 bits per heavy atom. The summed E-state index contributed by atoms with van der Waals surface area (Å²) in [4.78, 5) is 0. The van der Waals surface area contributed by atoms with E-state index in [1.165, 1.54) is 132 Å². The van der Waals surface area contributed by atoms with Crippen LogP contribution in [0.5, 0.6) is 0 Å². The minimum atomic E-state index is -0.225. The number of hydrogen-bond acceptors (Lipinski definition) is 1. The lowest BCUT2D eigenvalue weighted by Crippen LogP contribution is -2.16. The Morgan fingerprint density at radius 1 is 0.323 bits per heavy atom. The van der Waals surface area contributed by atoms with E-state index in [9.17, 15) is 0 Å². The Balaban J connectivity index is 0.912. The van der Waals surface area contributed by atoms with E-state index < -0.39 is 0 Å². The number of para-hydroxylation sites is 1. The van der Waals surface area contributed by atoms with Gasteiger partial charge in [-0.05, 0) is 140 Å². The number of furan rings is 1. The van der Waals surface area contributed by atoms with Crippen molar-refractivity contribution in [2.45, 2.75) is 38.5 Å². The minimum Gasteiger partial charge on any atom is -0.455 e. The first-order valence-corrected chi connectivity index (χ1v) is 23.0. The molecule has 14 rings (SSSR count). The lowest BCUT2D eigenvalue weighted by atomic mass is 9.78. The Bertz CT molecular complexity index is 4000. The van der Waals surface area contributed by atoms with Gasteiger partial charge in [0.1, 0.15) is 11.2 Å². The van der Waals surface area contributed by atoms with Gasteiger partial charge in [-0.25, -0.2) is 0 Å². The molecule has 0 spiro atoms. The quantitative estimate of drug-likeness (QED) is 0.162. The molecule has 0 bridgehead atoms. The fraction of sp³-hybridized carbons (Fsp3) is 0.0938. The van der Waals surface area contributed by atoms with Crippen LogP contribution in [0.25, 0.3) is 121 Å². The van der Waals surface area contributed by atoms with Crippen molar-refractivity contribution in [3.8, 4) is 55.6 Å². The van der Waals surface area contributed by atoms with Gasteiger partial charge in [0.25, 0.3) is 0 Å². The van der Waals surface area contributed by atoms with Crippen LogP contribution in [0.3, 0.4) is 0 Å². The van der Waals surface area contributed by atoms with Gasteiger partial charge in [0, 0.05) is 27.2 Å². The second-order valence-electron chi connectivity index (χ2n) is 19.5. The average Bonchev–Trinajstić information content (AvgIpc) is 3.92. The molecule has 1 aromatic heterocycles. The van der Waals surface area contributed by atoms with E-state index in [1.807, 2.05) is 0 Å². The third kappa shape index (κ3) is 4.88. The van der Waals surface area contributed by atoms with Crippen LogP contribution in [0.15, 0.2) is 199 Å². The van der Waals surface area contributed by atoms with Gasteiger partial charge in [-0.1, -0.05) is 198 Å². The molecule has 0 aliphatic heterocycles. The summed E-state index contributed by atoms with van der Waals surface area (Å²) in [6.45, 7) is 9.59. The van der Waals surface area contributed by atoms with Crippen molar-refractivity contribution >= 4 is 65.0 Å². The van der Waals surface area contributed by atoms with Crippen LogP contribution >= 0.6 is 0 Å². The van der Waals surface area contributed by atoms with Crippen LogP contribution in [0.4, 0.5) is 0 Å². The topological polar surface area (TPSA) is 13.1 Å². The van der Waals surface area contributed by atoms with Gasteiger partial charge < -0.3 is 4.42 Å². The molecule has 0 N–H and O–H groups in total. The first kappa shape index (κ1) is 36.7. The molecule has 1 nitrogen and oxygen atoms in total. The third-order valence-electron chi connectivity index (χ3n) is 15.4. The van der Waals surface area contributed by atoms with Crippen LogP contribution in [0, 0.1) is 0 Å². The fourth-order valence-corrected chi connectivity index (χ4v) is 12.4. The SMILES string of the molecule is CC1(C)c2ccc(-c3c4ccccc4c(-c4cccc5ccccc45)c4ccccc34)cc2-c2ccc(-c3ccc4c(c3)C(C)(C)c3c-4c4oc5ccccc5c4c4ccccc34)cc21. The summed E-state index contributed by atoms with van der Waals surface area (Å²) in [6.07, 6.45) is 0. The highest BCUT2D eigenvalue weighted by atomic mass is 16.3. The normalized spacial score (nSPS) is 14.4. The molecule has 1 heterocycles. The highest BCUT2D eigenvalue weighted by molar-refractivity contribution is 6.26. The fourth-order valence-electron chi connectivity index (χ4n) is 12.4. The Hall–Kier alpha value is -7.74. The number of fused-ring (bicyclic) bond motifs is 16. The molecule has 65 heavy (non-hydrogen) atoms. The largest absolute Gasteiger partial charge is 0.455 e. The number of benzene rings is 11. The summed E-state index contributed by atoms with van der Waals surface area (Å²) < 4.78 is 6.79. The Labute approximate surface area is 378 Å². The number of rotatable bonds is 3. The van der Waals surface area contributed by atoms with E-state index in [0.29, 0.717) is 0 Å². The zero-order chi connectivity index (χ0) is 43.3. The van der Waals surface area contributed by atoms with Gasteiger partial charge in [0.15, 0.2) is 0 Å². The lowest BCUT2D eigenvalue weighted by Gasteiger charge is -2.24. The van der Waals surface area contributed by atoms with Gasteiger partial charge >= 0.3 is 0 Å². The van der Waals surface area contributed by atoms with E-state index in [0.717, 1.165) is 11.2 Å². The molecule has 2 aliphatic carbocycles. The molecule has 306 valence electrons. The maximum atomic E-state index is 6.79. The maximum absolute atomic E-state index is 6.79. The predicted molar refractivity (Wildman–Crippen MR) is 275 cm³/mol. The molecule has 2 aliphatic rings. The van der Waals surface area contributed by atoms with Crippen molar-refractivity contribution < 1.29 is 4.42 Å². The third-order valence-corrected chi connectivity index (χ3v) is 15.4. The van der Waals surface area contributed by atoms with Crippen molar-refractivity contribution in [1.29, 1.82) is 0 Å². The standard InChI is InChI=1S/C64H44O/c1-63(2)53-33-30-40(57-44-19-7-9-21-46(44)58(47-22-10-8-20-45(47)57)43-26-15-17-37-16-5-6-18-41(37)43)34-52(53)42-31-28-38(35-54(42)63)39-29-32-50-55(36-39)64(3,4)61-49-24-12-11-23-48(49)59-51-25-13-14-27-56(51)65-62(59)60(50)61/h5-36H,1-4H3. The Morgan fingerprint density at radius 2 is 0.862 bits per heavy atom. The smallest absolute Gasteiger partial charge is 0.144 e. The molecule has 0 radical (unpaired) electrons. The molecule has 0 unspecified atom stereocenters. The molecule has 12 aromatic rings. The van der Waals surface area contributed by atoms with Crippen LogP contribution in [-0.4, -0.2) is 0 Å². The van der Waals surface area contributed by atoms with Crippen molar-refractivity contribution in [3.05, 3.63) is 216 Å². The maximum Gasteiger partial charge on any atom is 0.144 e. The highest BCUT2D eigenvalue weighted by Crippen LogP contribution is 2.57. The van der Waals surface area contributed by atoms with E-state index >= 15 is 0 Å². The van der Waals surface area contributed by atoms with Gasteiger partial charge in [-0.3, -0.25) is 0 Å². The molecular weight excluding hydrogens is 785 g/mol. The molecule has 1 heteroatoms. The zero-order valence-electron chi connectivity index (χ0n) is 36.9. The second kappa shape index (κ2) is 12.9. The molecule has 11 aromatic carbocycles. The number of hydrogen-bond donors (Lipinski definition) is 0. The highest BCUT2D eigenvalue weighted by Gasteiger charge is 2.41. The molecular formula is C64H44O. The zero-order valence-corrected chi connectivity index (χ0v) is 36.9. The molecule has 0 saturated carbocycles. The lowest BCUT2D eigenvalue weighted by molar-refractivity contribution is 0.657. The molecule has 0 amide bonds. The molecule has 0 saturated heterocycles. The van der Waals surface area contributed by atoms with Gasteiger partial charge in [-0.2, -0.15) is 0 Å². The van der Waals surface area contributed by atoms with Gasteiger partial charge in [0.2, 0.25) is 0 Å². The van der Waals surface area contributed by atoms with E-state index in [-0.39, 0.29) is 10.8 Å². The monoisotopic (exact) mass is 828 g/mol. The first-order valence-electron chi connectivity index (χ1n) is 23.0. The summed E-state index contributed by atoms with van der Waals surface area (Å²) >= 11 is 0. The summed E-state index contributed by atoms with van der Waals surface area (Å²) in [6, 6.07) is 72.6. The van der Waals surface area contributed by atoms with E-state index in [2.05, 4.69) is 222 Å². The summed E-state index contributed by atoms with van der Waals surface area (Å²) in [7, 11) is 0. The van der Waals surface area contributed by atoms with Crippen molar-refractivity contribution in [1.82, 2.24) is 0 Å². The van der Waals surface area contributed by atoms with Gasteiger partial charge in [0.05, 0.1) is 0 Å². The van der Waals surface area contributed by atoms with E-state index in [4.69, 9.17) is 4.42 Å². The van der Waals surface area contributed by atoms with Crippen LogP contribution in [0.2, 0.25) is 0 Å². The molecule has 0 fully saturated rings. The van der Waals surface area contributed by atoms with Crippen molar-refractivity contribution in [2.24, 2.45) is 0 Å². The molecule has 0 atom stereocenters. The van der Waals surface area contributed by atoms with Crippen LogP contribution in [0.1, 0.15) is 49.9 Å².